The van der Waals surface area contributed by atoms with E-state index < -0.39 is 0 Å². The highest BCUT2D eigenvalue weighted by molar-refractivity contribution is 5.82. The van der Waals surface area contributed by atoms with Gasteiger partial charge in [0.05, 0.1) is 23.1 Å². The molecule has 0 bridgehead atoms. The Balaban J connectivity index is 2.71. The summed E-state index contributed by atoms with van der Waals surface area (Å²) in [6.45, 7) is 2.93. The summed E-state index contributed by atoms with van der Waals surface area (Å²) in [5.41, 5.74) is 6.97. The minimum Gasteiger partial charge on any atom is -0.329 e. The van der Waals surface area contributed by atoms with E-state index in [1.54, 1.807) is 17.7 Å². The Hall–Kier alpha value is -1.42. The zero-order chi connectivity index (χ0) is 10.1. The van der Waals surface area contributed by atoms with Crippen molar-refractivity contribution < 1.29 is 4.39 Å². The second kappa shape index (κ2) is 3.38. The molecule has 1 aromatic heterocycles. The molecule has 2 N–H and O–H groups in total. The zero-order valence-corrected chi connectivity index (χ0v) is 8.00. The lowest BCUT2D eigenvalue weighted by Gasteiger charge is -1.99. The molecule has 1 aromatic carbocycles. The summed E-state index contributed by atoms with van der Waals surface area (Å²) in [7, 11) is 0. The van der Waals surface area contributed by atoms with Crippen molar-refractivity contribution in [1.82, 2.24) is 9.78 Å². The number of hydrogen-bond acceptors (Lipinski definition) is 2. The molecule has 0 atom stereocenters. The maximum absolute atomic E-state index is 13.4. The topological polar surface area (TPSA) is 43.8 Å². The van der Waals surface area contributed by atoms with Crippen LogP contribution in [0.3, 0.4) is 0 Å². The van der Waals surface area contributed by atoms with Gasteiger partial charge in [-0.1, -0.05) is 6.07 Å². The lowest BCUT2D eigenvalue weighted by molar-refractivity contribution is 0.637. The molecule has 0 spiro atoms. The number of fused-ring (bicyclic) bond motifs is 1. The first-order valence-electron chi connectivity index (χ1n) is 4.55. The number of aromatic nitrogens is 2. The number of hydrogen-bond donors (Lipinski definition) is 1. The third-order valence-electron chi connectivity index (χ3n) is 2.24. The Labute approximate surface area is 81.3 Å². The van der Waals surface area contributed by atoms with Gasteiger partial charge < -0.3 is 5.73 Å². The maximum Gasteiger partial charge on any atom is 0.134 e. The Morgan fingerprint density at radius 2 is 2.29 bits per heavy atom. The molecule has 0 aliphatic heterocycles. The molecule has 0 radical (unpaired) electrons. The lowest BCUT2D eigenvalue weighted by atomic mass is 10.2. The number of nitrogens with zero attached hydrogens (tertiary/aromatic N) is 2. The second-order valence-corrected chi connectivity index (χ2v) is 3.23. The van der Waals surface area contributed by atoms with Crippen molar-refractivity contribution >= 4 is 10.9 Å². The van der Waals surface area contributed by atoms with Crippen molar-refractivity contribution in [3.8, 4) is 0 Å². The number of benzene rings is 1. The highest BCUT2D eigenvalue weighted by atomic mass is 19.1. The third kappa shape index (κ3) is 1.28. The van der Waals surface area contributed by atoms with Crippen molar-refractivity contribution in [2.45, 2.75) is 13.5 Å². The largest absolute Gasteiger partial charge is 0.329 e. The third-order valence-corrected chi connectivity index (χ3v) is 2.24. The van der Waals surface area contributed by atoms with Gasteiger partial charge in [0, 0.05) is 6.54 Å². The van der Waals surface area contributed by atoms with Gasteiger partial charge in [-0.2, -0.15) is 5.10 Å². The van der Waals surface area contributed by atoms with Gasteiger partial charge in [0.2, 0.25) is 0 Å². The number of rotatable bonds is 2. The predicted molar refractivity (Wildman–Crippen MR) is 53.5 cm³/mol. The summed E-state index contributed by atoms with van der Waals surface area (Å²) in [4.78, 5) is 0. The lowest BCUT2D eigenvalue weighted by Crippen LogP contribution is -2.10. The van der Waals surface area contributed by atoms with Gasteiger partial charge >= 0.3 is 0 Å². The molecule has 3 nitrogen and oxygen atoms in total. The molecule has 0 fully saturated rings. The molecule has 0 aliphatic rings. The fraction of sp³-hybridized carbons (Fsp3) is 0.300. The standard InChI is InChI=1S/C10H12FN3/c1-7-10-8(11)3-2-4-9(10)14(13-7)6-5-12/h2-4H,5-6,12H2,1H3. The van der Waals surface area contributed by atoms with Crippen molar-refractivity contribution in [3.05, 3.63) is 29.7 Å². The minimum atomic E-state index is -0.219. The summed E-state index contributed by atoms with van der Waals surface area (Å²) in [5, 5.41) is 4.84. The minimum absolute atomic E-state index is 0.219. The Kier molecular flexibility index (Phi) is 2.21. The van der Waals surface area contributed by atoms with Gasteiger partial charge in [-0.15, -0.1) is 0 Å². The summed E-state index contributed by atoms with van der Waals surface area (Å²) in [5.74, 6) is -0.219. The molecule has 0 aliphatic carbocycles. The fourth-order valence-electron chi connectivity index (χ4n) is 1.66. The first-order chi connectivity index (χ1) is 6.74. The van der Waals surface area contributed by atoms with E-state index in [9.17, 15) is 4.39 Å². The predicted octanol–water partition coefficient (Wildman–Crippen LogP) is 1.44. The average Bonchev–Trinajstić information content (AvgIpc) is 2.46. The Morgan fingerprint density at radius 1 is 1.50 bits per heavy atom. The molecule has 14 heavy (non-hydrogen) atoms. The normalized spacial score (nSPS) is 11.1. The first kappa shape index (κ1) is 9.15. The molecule has 0 saturated carbocycles. The zero-order valence-electron chi connectivity index (χ0n) is 8.00. The Bertz CT molecular complexity index is 462. The fourth-order valence-corrected chi connectivity index (χ4v) is 1.66. The van der Waals surface area contributed by atoms with Crippen LogP contribution in [0.4, 0.5) is 4.39 Å². The molecule has 2 rings (SSSR count). The molecule has 0 amide bonds. The molecule has 0 unspecified atom stereocenters. The van der Waals surface area contributed by atoms with Crippen molar-refractivity contribution in [3.63, 3.8) is 0 Å². The maximum atomic E-state index is 13.4. The van der Waals surface area contributed by atoms with Crippen LogP contribution in [0, 0.1) is 12.7 Å². The van der Waals surface area contributed by atoms with Crippen LogP contribution < -0.4 is 5.73 Å². The van der Waals surface area contributed by atoms with E-state index in [0.717, 1.165) is 5.52 Å². The average molecular weight is 193 g/mol. The quantitative estimate of drug-likeness (QED) is 0.784. The van der Waals surface area contributed by atoms with Gasteiger partial charge in [-0.25, -0.2) is 4.39 Å². The number of aryl methyl sites for hydroxylation is 1. The molecule has 0 saturated heterocycles. The van der Waals surface area contributed by atoms with Gasteiger partial charge in [0.25, 0.3) is 0 Å². The molecule has 74 valence electrons. The van der Waals surface area contributed by atoms with Crippen LogP contribution in [0.1, 0.15) is 5.69 Å². The summed E-state index contributed by atoms with van der Waals surface area (Å²) >= 11 is 0. The number of nitrogens with two attached hydrogens (primary N) is 1. The van der Waals surface area contributed by atoms with Crippen LogP contribution in [0.2, 0.25) is 0 Å². The summed E-state index contributed by atoms with van der Waals surface area (Å²) < 4.78 is 15.2. The van der Waals surface area contributed by atoms with Crippen LogP contribution in [0.5, 0.6) is 0 Å². The van der Waals surface area contributed by atoms with Crippen LogP contribution in [0.25, 0.3) is 10.9 Å². The van der Waals surface area contributed by atoms with Crippen LogP contribution in [-0.4, -0.2) is 16.3 Å². The number of halogens is 1. The van der Waals surface area contributed by atoms with Crippen molar-refractivity contribution in [1.29, 1.82) is 0 Å². The van der Waals surface area contributed by atoms with E-state index in [-0.39, 0.29) is 5.82 Å². The second-order valence-electron chi connectivity index (χ2n) is 3.23. The van der Waals surface area contributed by atoms with Crippen molar-refractivity contribution in [2.75, 3.05) is 6.54 Å². The highest BCUT2D eigenvalue weighted by Gasteiger charge is 2.09. The van der Waals surface area contributed by atoms with E-state index in [1.807, 2.05) is 6.07 Å². The van der Waals surface area contributed by atoms with Gasteiger partial charge in [-0.05, 0) is 19.1 Å². The van der Waals surface area contributed by atoms with Gasteiger partial charge in [-0.3, -0.25) is 4.68 Å². The van der Waals surface area contributed by atoms with Gasteiger partial charge in [0.1, 0.15) is 5.82 Å². The molecule has 2 aromatic rings. The first-order valence-corrected chi connectivity index (χ1v) is 4.55. The van der Waals surface area contributed by atoms with Crippen LogP contribution in [-0.2, 0) is 6.54 Å². The van der Waals surface area contributed by atoms with Crippen LogP contribution in [0.15, 0.2) is 18.2 Å². The molecular formula is C10H12FN3. The SMILES string of the molecule is Cc1nn(CCN)c2cccc(F)c12. The van der Waals surface area contributed by atoms with Crippen LogP contribution >= 0.6 is 0 Å². The molecule has 4 heteroatoms. The van der Waals surface area contributed by atoms with E-state index in [2.05, 4.69) is 5.10 Å². The summed E-state index contributed by atoms with van der Waals surface area (Å²) in [6.07, 6.45) is 0. The van der Waals surface area contributed by atoms with E-state index in [1.165, 1.54) is 6.07 Å². The van der Waals surface area contributed by atoms with E-state index >= 15 is 0 Å². The highest BCUT2D eigenvalue weighted by Crippen LogP contribution is 2.20. The summed E-state index contributed by atoms with van der Waals surface area (Å²) in [6, 6.07) is 4.99. The van der Waals surface area contributed by atoms with Gasteiger partial charge in [0.15, 0.2) is 0 Å². The Morgan fingerprint density at radius 3 is 3.00 bits per heavy atom. The monoisotopic (exact) mass is 193 g/mol. The molecular weight excluding hydrogens is 181 g/mol. The van der Waals surface area contributed by atoms with Crippen molar-refractivity contribution in [2.24, 2.45) is 5.73 Å². The van der Waals surface area contributed by atoms with E-state index in [0.29, 0.717) is 24.2 Å². The van der Waals surface area contributed by atoms with E-state index in [4.69, 9.17) is 5.73 Å². The molecule has 1 heterocycles. The smallest absolute Gasteiger partial charge is 0.134 e.